The summed E-state index contributed by atoms with van der Waals surface area (Å²) in [5, 5.41) is 2.93. The van der Waals surface area contributed by atoms with Gasteiger partial charge in [-0.05, 0) is 38.3 Å². The number of rotatable bonds is 6. The minimum absolute atomic E-state index is 0.107. The zero-order valence-corrected chi connectivity index (χ0v) is 15.3. The lowest BCUT2D eigenvalue weighted by atomic mass is 9.98. The Morgan fingerprint density at radius 1 is 1.42 bits per heavy atom. The standard InChI is InChI=1S/C17H26N2O4S/c1-13-7-4-5-9-16(13)23-12-14(2)18-17(20)15-8-6-10-19(11-15)24(3,21)22/h4-5,7,9,14-15H,6,8,10-12H2,1-3H3,(H,18,20)/t14-,15-/m0/s1. The highest BCUT2D eigenvalue weighted by Crippen LogP contribution is 2.19. The molecule has 0 aliphatic carbocycles. The molecule has 7 heteroatoms. The molecule has 0 spiro atoms. The number of hydrogen-bond donors (Lipinski definition) is 1. The zero-order valence-electron chi connectivity index (χ0n) is 14.5. The molecule has 24 heavy (non-hydrogen) atoms. The second-order valence-electron chi connectivity index (χ2n) is 6.45. The Morgan fingerprint density at radius 3 is 2.79 bits per heavy atom. The van der Waals surface area contributed by atoms with Gasteiger partial charge >= 0.3 is 0 Å². The van der Waals surface area contributed by atoms with Crippen LogP contribution >= 0.6 is 0 Å². The van der Waals surface area contributed by atoms with Gasteiger partial charge in [-0.15, -0.1) is 0 Å². The lowest BCUT2D eigenvalue weighted by Gasteiger charge is -2.30. The van der Waals surface area contributed by atoms with Crippen molar-refractivity contribution in [1.29, 1.82) is 0 Å². The molecule has 0 radical (unpaired) electrons. The average Bonchev–Trinajstić information content (AvgIpc) is 2.53. The Hall–Kier alpha value is -1.60. The molecule has 1 saturated heterocycles. The van der Waals surface area contributed by atoms with Gasteiger partial charge in [-0.1, -0.05) is 18.2 Å². The number of benzene rings is 1. The molecule has 1 N–H and O–H groups in total. The summed E-state index contributed by atoms with van der Waals surface area (Å²) in [6, 6.07) is 7.58. The van der Waals surface area contributed by atoms with Gasteiger partial charge in [0.15, 0.2) is 0 Å². The van der Waals surface area contributed by atoms with E-state index in [1.807, 2.05) is 38.1 Å². The van der Waals surface area contributed by atoms with Crippen LogP contribution in [0.15, 0.2) is 24.3 Å². The predicted molar refractivity (Wildman–Crippen MR) is 93.4 cm³/mol. The number of sulfonamides is 1. The number of aryl methyl sites for hydroxylation is 1. The summed E-state index contributed by atoms with van der Waals surface area (Å²) in [7, 11) is -3.24. The number of carbonyl (C=O) groups is 1. The van der Waals surface area contributed by atoms with Crippen molar-refractivity contribution in [2.75, 3.05) is 26.0 Å². The highest BCUT2D eigenvalue weighted by molar-refractivity contribution is 7.88. The SMILES string of the molecule is Cc1ccccc1OC[C@H](C)NC(=O)[C@H]1CCCN(S(C)(=O)=O)C1. The van der Waals surface area contributed by atoms with Gasteiger partial charge in [-0.25, -0.2) is 12.7 Å². The third-order valence-electron chi connectivity index (χ3n) is 4.20. The van der Waals surface area contributed by atoms with Crippen LogP contribution in [-0.2, 0) is 14.8 Å². The van der Waals surface area contributed by atoms with Crippen molar-refractivity contribution >= 4 is 15.9 Å². The van der Waals surface area contributed by atoms with Gasteiger partial charge in [-0.2, -0.15) is 0 Å². The van der Waals surface area contributed by atoms with Crippen molar-refractivity contribution < 1.29 is 17.9 Å². The Balaban J connectivity index is 1.84. The maximum absolute atomic E-state index is 12.4. The molecule has 1 aliphatic rings. The van der Waals surface area contributed by atoms with Crippen LogP contribution in [0.4, 0.5) is 0 Å². The summed E-state index contributed by atoms with van der Waals surface area (Å²) in [5.41, 5.74) is 1.05. The molecular weight excluding hydrogens is 328 g/mol. The lowest BCUT2D eigenvalue weighted by molar-refractivity contribution is -0.126. The van der Waals surface area contributed by atoms with E-state index < -0.39 is 10.0 Å². The summed E-state index contributed by atoms with van der Waals surface area (Å²) >= 11 is 0. The van der Waals surface area contributed by atoms with E-state index in [9.17, 15) is 13.2 Å². The van der Waals surface area contributed by atoms with Gasteiger partial charge in [0.05, 0.1) is 18.2 Å². The predicted octanol–water partition coefficient (Wildman–Crippen LogP) is 1.55. The first-order valence-corrected chi connectivity index (χ1v) is 10.1. The molecule has 0 saturated carbocycles. The highest BCUT2D eigenvalue weighted by Gasteiger charge is 2.30. The van der Waals surface area contributed by atoms with Crippen LogP contribution in [0, 0.1) is 12.8 Å². The first-order valence-electron chi connectivity index (χ1n) is 8.21. The summed E-state index contributed by atoms with van der Waals surface area (Å²) < 4.78 is 30.4. The van der Waals surface area contributed by atoms with Crippen molar-refractivity contribution in [3.05, 3.63) is 29.8 Å². The number of nitrogens with zero attached hydrogens (tertiary/aromatic N) is 1. The van der Waals surface area contributed by atoms with E-state index >= 15 is 0 Å². The van der Waals surface area contributed by atoms with E-state index in [0.717, 1.165) is 11.3 Å². The van der Waals surface area contributed by atoms with Crippen LogP contribution in [0.1, 0.15) is 25.3 Å². The molecule has 1 fully saturated rings. The van der Waals surface area contributed by atoms with Gasteiger partial charge in [0, 0.05) is 13.1 Å². The van der Waals surface area contributed by atoms with E-state index in [4.69, 9.17) is 4.74 Å². The maximum atomic E-state index is 12.4. The molecule has 1 amide bonds. The molecule has 134 valence electrons. The number of piperidine rings is 1. The van der Waals surface area contributed by atoms with Gasteiger partial charge in [0.1, 0.15) is 12.4 Å². The fraction of sp³-hybridized carbons (Fsp3) is 0.588. The molecule has 1 aliphatic heterocycles. The first kappa shape index (κ1) is 18.7. The second kappa shape index (κ2) is 7.98. The van der Waals surface area contributed by atoms with Crippen LogP contribution in [0.3, 0.4) is 0 Å². The third-order valence-corrected chi connectivity index (χ3v) is 5.46. The Kier molecular flexibility index (Phi) is 6.23. The fourth-order valence-electron chi connectivity index (χ4n) is 2.79. The summed E-state index contributed by atoms with van der Waals surface area (Å²) in [6.45, 7) is 4.98. The zero-order chi connectivity index (χ0) is 17.7. The number of hydrogen-bond acceptors (Lipinski definition) is 4. The van der Waals surface area contributed by atoms with Crippen molar-refractivity contribution in [2.45, 2.75) is 32.7 Å². The number of carbonyl (C=O) groups excluding carboxylic acids is 1. The Morgan fingerprint density at radius 2 is 2.12 bits per heavy atom. The molecule has 0 bridgehead atoms. The van der Waals surface area contributed by atoms with Crippen LogP contribution in [0.25, 0.3) is 0 Å². The normalized spacial score (nSPS) is 20.4. The average molecular weight is 354 g/mol. The number of nitrogens with one attached hydrogen (secondary N) is 1. The van der Waals surface area contributed by atoms with E-state index in [-0.39, 0.29) is 24.4 Å². The topological polar surface area (TPSA) is 75.7 Å². The van der Waals surface area contributed by atoms with Crippen LogP contribution in [0.2, 0.25) is 0 Å². The largest absolute Gasteiger partial charge is 0.491 e. The second-order valence-corrected chi connectivity index (χ2v) is 8.43. The first-order chi connectivity index (χ1) is 11.3. The van der Waals surface area contributed by atoms with E-state index in [1.54, 1.807) is 0 Å². The molecule has 0 aromatic heterocycles. The minimum atomic E-state index is -3.24. The molecule has 2 rings (SSSR count). The summed E-state index contributed by atoms with van der Waals surface area (Å²) in [4.78, 5) is 12.4. The monoisotopic (exact) mass is 354 g/mol. The smallest absolute Gasteiger partial charge is 0.224 e. The number of amides is 1. The quantitative estimate of drug-likeness (QED) is 0.841. The molecule has 1 aromatic rings. The summed E-state index contributed by atoms with van der Waals surface area (Å²) in [6.07, 6.45) is 2.61. The van der Waals surface area contributed by atoms with Crippen LogP contribution in [-0.4, -0.2) is 50.6 Å². The van der Waals surface area contributed by atoms with Crippen molar-refractivity contribution in [3.63, 3.8) is 0 Å². The van der Waals surface area contributed by atoms with Crippen molar-refractivity contribution in [2.24, 2.45) is 5.92 Å². The third kappa shape index (κ3) is 5.21. The van der Waals surface area contributed by atoms with Crippen LogP contribution in [0.5, 0.6) is 5.75 Å². The number of para-hydroxylation sites is 1. The Bertz CT molecular complexity index is 675. The molecular formula is C17H26N2O4S. The minimum Gasteiger partial charge on any atom is -0.491 e. The highest BCUT2D eigenvalue weighted by atomic mass is 32.2. The van der Waals surface area contributed by atoms with Gasteiger partial charge in [-0.3, -0.25) is 4.79 Å². The van der Waals surface area contributed by atoms with Crippen molar-refractivity contribution in [3.8, 4) is 5.75 Å². The molecule has 2 atom stereocenters. The fourth-order valence-corrected chi connectivity index (χ4v) is 3.70. The van der Waals surface area contributed by atoms with E-state index in [0.29, 0.717) is 26.0 Å². The number of ether oxygens (including phenoxy) is 1. The Labute approximate surface area is 144 Å². The summed E-state index contributed by atoms with van der Waals surface area (Å²) in [5.74, 6) is 0.401. The molecule has 6 nitrogen and oxygen atoms in total. The van der Waals surface area contributed by atoms with Gasteiger partial charge in [0.2, 0.25) is 15.9 Å². The van der Waals surface area contributed by atoms with Gasteiger partial charge in [0.25, 0.3) is 0 Å². The molecule has 1 aromatic carbocycles. The molecule has 0 unspecified atom stereocenters. The van der Waals surface area contributed by atoms with Gasteiger partial charge < -0.3 is 10.1 Å². The maximum Gasteiger partial charge on any atom is 0.224 e. The molecule has 1 heterocycles. The van der Waals surface area contributed by atoms with Crippen LogP contribution < -0.4 is 10.1 Å². The van der Waals surface area contributed by atoms with Crippen molar-refractivity contribution in [1.82, 2.24) is 9.62 Å². The lowest BCUT2D eigenvalue weighted by Crippen LogP contribution is -2.47. The van der Waals surface area contributed by atoms with E-state index in [1.165, 1.54) is 10.6 Å². The van der Waals surface area contributed by atoms with E-state index in [2.05, 4.69) is 5.32 Å².